The molecule has 0 saturated heterocycles. The SMILES string of the molecule is COc1cccc(CNC(=O)c2ccccc2-c2ncc(-c3ccccc3F)o2)c1OC. The second-order valence-electron chi connectivity index (χ2n) is 6.89. The zero-order chi connectivity index (χ0) is 22.5. The van der Waals surface area contributed by atoms with Crippen LogP contribution >= 0.6 is 0 Å². The molecule has 0 radical (unpaired) electrons. The zero-order valence-electron chi connectivity index (χ0n) is 17.6. The number of rotatable bonds is 7. The molecular formula is C25H21FN2O4. The van der Waals surface area contributed by atoms with Gasteiger partial charge in [0.05, 0.1) is 31.5 Å². The second kappa shape index (κ2) is 9.34. The maximum atomic E-state index is 14.1. The molecule has 1 aromatic heterocycles. The predicted molar refractivity (Wildman–Crippen MR) is 118 cm³/mol. The number of oxazole rings is 1. The third kappa shape index (κ3) is 4.18. The van der Waals surface area contributed by atoms with E-state index in [1.54, 1.807) is 62.8 Å². The van der Waals surface area contributed by atoms with E-state index >= 15 is 0 Å². The molecule has 3 aromatic carbocycles. The fourth-order valence-electron chi connectivity index (χ4n) is 3.42. The van der Waals surface area contributed by atoms with Gasteiger partial charge >= 0.3 is 0 Å². The zero-order valence-corrected chi connectivity index (χ0v) is 17.6. The van der Waals surface area contributed by atoms with Crippen LogP contribution in [0.25, 0.3) is 22.8 Å². The van der Waals surface area contributed by atoms with Crippen molar-refractivity contribution in [1.82, 2.24) is 10.3 Å². The molecule has 162 valence electrons. The van der Waals surface area contributed by atoms with Gasteiger partial charge in [-0.3, -0.25) is 4.79 Å². The van der Waals surface area contributed by atoms with Crippen molar-refractivity contribution >= 4 is 5.91 Å². The summed E-state index contributed by atoms with van der Waals surface area (Å²) in [6.45, 7) is 0.236. The Bertz CT molecular complexity index is 1250. The summed E-state index contributed by atoms with van der Waals surface area (Å²) in [5.74, 6) is 0.942. The van der Waals surface area contributed by atoms with Crippen molar-refractivity contribution in [3.05, 3.63) is 89.9 Å². The van der Waals surface area contributed by atoms with Gasteiger partial charge in [-0.2, -0.15) is 0 Å². The molecule has 0 aliphatic carbocycles. The summed E-state index contributed by atoms with van der Waals surface area (Å²) in [7, 11) is 3.11. The van der Waals surface area contributed by atoms with E-state index in [1.165, 1.54) is 12.3 Å². The Labute approximate surface area is 184 Å². The highest BCUT2D eigenvalue weighted by Gasteiger charge is 2.18. The van der Waals surface area contributed by atoms with Gasteiger partial charge in [0, 0.05) is 17.7 Å². The number of carbonyl (C=O) groups excluding carboxylic acids is 1. The van der Waals surface area contributed by atoms with Gasteiger partial charge in [-0.25, -0.2) is 9.37 Å². The molecule has 0 bridgehead atoms. The van der Waals surface area contributed by atoms with E-state index in [1.807, 2.05) is 12.1 Å². The van der Waals surface area contributed by atoms with Crippen LogP contribution in [0.4, 0.5) is 4.39 Å². The Hall–Kier alpha value is -4.13. The van der Waals surface area contributed by atoms with Gasteiger partial charge < -0.3 is 19.2 Å². The number of methoxy groups -OCH3 is 2. The molecule has 1 amide bonds. The lowest BCUT2D eigenvalue weighted by atomic mass is 10.1. The van der Waals surface area contributed by atoms with Crippen molar-refractivity contribution in [3.8, 4) is 34.3 Å². The van der Waals surface area contributed by atoms with E-state index in [0.717, 1.165) is 5.56 Å². The third-order valence-electron chi connectivity index (χ3n) is 4.97. The number of para-hydroxylation sites is 1. The largest absolute Gasteiger partial charge is 0.493 e. The van der Waals surface area contributed by atoms with Crippen LogP contribution < -0.4 is 14.8 Å². The normalized spacial score (nSPS) is 10.6. The van der Waals surface area contributed by atoms with Crippen molar-refractivity contribution < 1.29 is 23.1 Å². The van der Waals surface area contributed by atoms with Crippen LogP contribution in [0.15, 0.2) is 77.3 Å². The number of benzene rings is 3. The molecule has 0 saturated carbocycles. The van der Waals surface area contributed by atoms with Crippen molar-refractivity contribution in [2.24, 2.45) is 0 Å². The number of nitrogens with one attached hydrogen (secondary N) is 1. The van der Waals surface area contributed by atoms with Crippen LogP contribution in [0, 0.1) is 5.82 Å². The Balaban J connectivity index is 1.58. The number of ether oxygens (including phenoxy) is 2. The van der Waals surface area contributed by atoms with Gasteiger partial charge in [0.1, 0.15) is 5.82 Å². The fraction of sp³-hybridized carbons (Fsp3) is 0.120. The van der Waals surface area contributed by atoms with E-state index in [2.05, 4.69) is 10.3 Å². The summed E-state index contributed by atoms with van der Waals surface area (Å²) >= 11 is 0. The molecule has 1 heterocycles. The Morgan fingerprint density at radius 1 is 0.969 bits per heavy atom. The van der Waals surface area contributed by atoms with Crippen LogP contribution in [0.3, 0.4) is 0 Å². The number of nitrogens with zero attached hydrogens (tertiary/aromatic N) is 1. The molecule has 0 aliphatic heterocycles. The lowest BCUT2D eigenvalue weighted by molar-refractivity contribution is 0.0951. The van der Waals surface area contributed by atoms with Crippen molar-refractivity contribution in [1.29, 1.82) is 0 Å². The summed E-state index contributed by atoms with van der Waals surface area (Å²) in [6, 6.07) is 18.7. The Morgan fingerprint density at radius 2 is 1.72 bits per heavy atom. The highest BCUT2D eigenvalue weighted by atomic mass is 19.1. The van der Waals surface area contributed by atoms with Gasteiger partial charge in [-0.05, 0) is 30.3 Å². The number of hydrogen-bond acceptors (Lipinski definition) is 5. The van der Waals surface area contributed by atoms with E-state index in [0.29, 0.717) is 28.2 Å². The second-order valence-corrected chi connectivity index (χ2v) is 6.89. The maximum absolute atomic E-state index is 14.1. The van der Waals surface area contributed by atoms with Gasteiger partial charge in [-0.15, -0.1) is 0 Å². The summed E-state index contributed by atoms with van der Waals surface area (Å²) in [5.41, 5.74) is 1.97. The monoisotopic (exact) mass is 432 g/mol. The molecule has 4 rings (SSSR count). The highest BCUT2D eigenvalue weighted by Crippen LogP contribution is 2.31. The van der Waals surface area contributed by atoms with Crippen LogP contribution in [-0.4, -0.2) is 25.1 Å². The van der Waals surface area contributed by atoms with Crippen molar-refractivity contribution in [2.75, 3.05) is 14.2 Å². The molecule has 0 fully saturated rings. The molecular weight excluding hydrogens is 411 g/mol. The molecule has 0 unspecified atom stereocenters. The van der Waals surface area contributed by atoms with Gasteiger partial charge in [-0.1, -0.05) is 36.4 Å². The first-order valence-electron chi connectivity index (χ1n) is 9.90. The van der Waals surface area contributed by atoms with E-state index < -0.39 is 5.82 Å². The first-order valence-corrected chi connectivity index (χ1v) is 9.90. The fourth-order valence-corrected chi connectivity index (χ4v) is 3.42. The summed E-state index contributed by atoms with van der Waals surface area (Å²) in [5, 5.41) is 2.90. The molecule has 4 aromatic rings. The smallest absolute Gasteiger partial charge is 0.252 e. The molecule has 1 N–H and O–H groups in total. The van der Waals surface area contributed by atoms with Gasteiger partial charge in [0.15, 0.2) is 17.3 Å². The number of carbonyl (C=O) groups is 1. The van der Waals surface area contributed by atoms with Crippen LogP contribution in [0.2, 0.25) is 0 Å². The molecule has 32 heavy (non-hydrogen) atoms. The summed E-state index contributed by atoms with van der Waals surface area (Å²) < 4.78 is 30.6. The van der Waals surface area contributed by atoms with Gasteiger partial charge in [0.2, 0.25) is 5.89 Å². The number of halogens is 1. The topological polar surface area (TPSA) is 73.6 Å². The highest BCUT2D eigenvalue weighted by molar-refractivity contribution is 6.00. The minimum absolute atomic E-state index is 0.230. The van der Waals surface area contributed by atoms with E-state index in [-0.39, 0.29) is 24.1 Å². The number of amides is 1. The van der Waals surface area contributed by atoms with E-state index in [9.17, 15) is 9.18 Å². The number of aromatic nitrogens is 1. The minimum Gasteiger partial charge on any atom is -0.493 e. The number of hydrogen-bond donors (Lipinski definition) is 1. The predicted octanol–water partition coefficient (Wildman–Crippen LogP) is 5.09. The third-order valence-corrected chi connectivity index (χ3v) is 4.97. The van der Waals surface area contributed by atoms with E-state index in [4.69, 9.17) is 13.9 Å². The summed E-state index contributed by atoms with van der Waals surface area (Å²) in [6.07, 6.45) is 1.45. The summed E-state index contributed by atoms with van der Waals surface area (Å²) in [4.78, 5) is 17.2. The lowest BCUT2D eigenvalue weighted by Crippen LogP contribution is -2.23. The van der Waals surface area contributed by atoms with Gasteiger partial charge in [0.25, 0.3) is 5.91 Å². The Morgan fingerprint density at radius 3 is 2.47 bits per heavy atom. The van der Waals surface area contributed by atoms with Crippen LogP contribution in [0.1, 0.15) is 15.9 Å². The molecule has 0 atom stereocenters. The lowest BCUT2D eigenvalue weighted by Gasteiger charge is -2.13. The van der Waals surface area contributed by atoms with Crippen molar-refractivity contribution in [3.63, 3.8) is 0 Å². The maximum Gasteiger partial charge on any atom is 0.252 e. The Kier molecular flexibility index (Phi) is 6.17. The average molecular weight is 432 g/mol. The molecule has 6 nitrogen and oxygen atoms in total. The van der Waals surface area contributed by atoms with Crippen molar-refractivity contribution in [2.45, 2.75) is 6.54 Å². The molecule has 7 heteroatoms. The van der Waals surface area contributed by atoms with Crippen LogP contribution in [-0.2, 0) is 6.54 Å². The minimum atomic E-state index is -0.409. The first kappa shape index (κ1) is 21.1. The standard InChI is InChI=1S/C25H21FN2O4/c1-30-21-13-7-8-16(23(21)31-2)14-27-24(29)17-9-3-4-10-18(17)25-28-15-22(32-25)19-11-5-6-12-20(19)26/h3-13,15H,14H2,1-2H3,(H,27,29). The first-order chi connectivity index (χ1) is 15.6. The average Bonchev–Trinajstić information content (AvgIpc) is 3.32. The quantitative estimate of drug-likeness (QED) is 0.440. The molecule has 0 spiro atoms. The molecule has 0 aliphatic rings. The van der Waals surface area contributed by atoms with Crippen LogP contribution in [0.5, 0.6) is 11.5 Å².